The molecule has 1 fully saturated rings. The molecule has 3 rings (SSSR count). The summed E-state index contributed by atoms with van der Waals surface area (Å²) >= 11 is 1.39. The van der Waals surface area contributed by atoms with E-state index in [1.165, 1.54) is 11.3 Å². The smallest absolute Gasteiger partial charge is 0.265 e. The molecule has 2 heterocycles. The lowest BCUT2D eigenvalue weighted by molar-refractivity contribution is -0.118. The number of hydrogen-bond acceptors (Lipinski definition) is 5. The van der Waals surface area contributed by atoms with Crippen molar-refractivity contribution in [2.45, 2.75) is 18.9 Å². The maximum Gasteiger partial charge on any atom is 0.265 e. The number of rotatable bonds is 5. The van der Waals surface area contributed by atoms with Crippen LogP contribution < -0.4 is 10.6 Å². The Morgan fingerprint density at radius 2 is 1.88 bits per heavy atom. The van der Waals surface area contributed by atoms with Gasteiger partial charge >= 0.3 is 0 Å². The molecule has 132 valence electrons. The number of benzene rings is 1. The van der Waals surface area contributed by atoms with Gasteiger partial charge in [0.15, 0.2) is 0 Å². The molecule has 1 atom stereocenters. The minimum Gasteiger partial charge on any atom is -0.392 e. The lowest BCUT2D eigenvalue weighted by Gasteiger charge is -2.29. The van der Waals surface area contributed by atoms with E-state index < -0.39 is 0 Å². The predicted octanol–water partition coefficient (Wildman–Crippen LogP) is 2.40. The van der Waals surface area contributed by atoms with Crippen LogP contribution in [0.3, 0.4) is 0 Å². The van der Waals surface area contributed by atoms with Crippen LogP contribution in [0.4, 0.5) is 11.4 Å². The van der Waals surface area contributed by atoms with Gasteiger partial charge in [-0.2, -0.15) is 0 Å². The second-order valence-corrected chi connectivity index (χ2v) is 7.04. The van der Waals surface area contributed by atoms with Crippen molar-refractivity contribution in [2.75, 3.05) is 30.3 Å². The van der Waals surface area contributed by atoms with E-state index >= 15 is 0 Å². The number of anilines is 2. The van der Waals surface area contributed by atoms with Gasteiger partial charge in [-0.15, -0.1) is 11.3 Å². The summed E-state index contributed by atoms with van der Waals surface area (Å²) in [4.78, 5) is 26.7. The average Bonchev–Trinajstić information content (AvgIpc) is 3.11. The molecule has 1 aliphatic rings. The minimum absolute atomic E-state index is 0.107. The zero-order chi connectivity index (χ0) is 17.6. The molecule has 7 heteroatoms. The number of amides is 2. The summed E-state index contributed by atoms with van der Waals surface area (Å²) in [6.07, 6.45) is 1.37. The maximum atomic E-state index is 12.1. The zero-order valence-corrected chi connectivity index (χ0v) is 14.6. The van der Waals surface area contributed by atoms with Gasteiger partial charge in [0.2, 0.25) is 5.91 Å². The van der Waals surface area contributed by atoms with Crippen molar-refractivity contribution in [1.82, 2.24) is 4.90 Å². The number of likely N-dealkylation sites (tertiary alicyclic amines) is 1. The van der Waals surface area contributed by atoms with Crippen molar-refractivity contribution >= 4 is 34.5 Å². The first-order valence-electron chi connectivity index (χ1n) is 8.25. The molecule has 0 saturated carbocycles. The summed E-state index contributed by atoms with van der Waals surface area (Å²) in [6.45, 7) is 1.65. The van der Waals surface area contributed by atoms with E-state index in [4.69, 9.17) is 0 Å². The van der Waals surface area contributed by atoms with E-state index in [-0.39, 0.29) is 24.5 Å². The van der Waals surface area contributed by atoms with Crippen LogP contribution in [-0.2, 0) is 4.79 Å². The van der Waals surface area contributed by atoms with Crippen LogP contribution in [0.1, 0.15) is 22.5 Å². The standard InChI is InChI=1S/C18H21N3O3S/c22-15-3-1-9-21(11-15)12-17(23)19-13-5-7-14(8-6-13)20-18(24)16-4-2-10-25-16/h2,4-8,10,15,22H,1,3,9,11-12H2,(H,19,23)(H,20,24)/t15-/m1/s1. The summed E-state index contributed by atoms with van der Waals surface area (Å²) in [7, 11) is 0. The fraction of sp³-hybridized carbons (Fsp3) is 0.333. The van der Waals surface area contributed by atoms with E-state index in [0.717, 1.165) is 19.4 Å². The number of nitrogens with one attached hydrogen (secondary N) is 2. The second kappa shape index (κ2) is 8.24. The number of aliphatic hydroxyl groups excluding tert-OH is 1. The monoisotopic (exact) mass is 359 g/mol. The molecule has 1 aliphatic heterocycles. The van der Waals surface area contributed by atoms with Crippen LogP contribution in [-0.4, -0.2) is 47.6 Å². The molecule has 1 aromatic carbocycles. The zero-order valence-electron chi connectivity index (χ0n) is 13.8. The van der Waals surface area contributed by atoms with Crippen molar-refractivity contribution < 1.29 is 14.7 Å². The quantitative estimate of drug-likeness (QED) is 0.766. The number of piperidine rings is 1. The number of aliphatic hydroxyl groups is 1. The third-order valence-electron chi connectivity index (χ3n) is 4.02. The molecule has 1 aromatic heterocycles. The van der Waals surface area contributed by atoms with Crippen LogP contribution in [0.15, 0.2) is 41.8 Å². The van der Waals surface area contributed by atoms with Gasteiger partial charge in [0.25, 0.3) is 5.91 Å². The van der Waals surface area contributed by atoms with Crippen LogP contribution in [0.25, 0.3) is 0 Å². The number of thiophene rings is 1. The molecule has 25 heavy (non-hydrogen) atoms. The Kier molecular flexibility index (Phi) is 5.80. The van der Waals surface area contributed by atoms with E-state index in [0.29, 0.717) is 22.8 Å². The van der Waals surface area contributed by atoms with Crippen molar-refractivity contribution in [1.29, 1.82) is 0 Å². The third-order valence-corrected chi connectivity index (χ3v) is 4.89. The fourth-order valence-electron chi connectivity index (χ4n) is 2.82. The van der Waals surface area contributed by atoms with Gasteiger partial charge < -0.3 is 15.7 Å². The number of β-amino-alcohol motifs (C(OH)–C–C–N with tert-alkyl or cyclic N) is 1. The Morgan fingerprint density at radius 3 is 2.52 bits per heavy atom. The molecular formula is C18H21N3O3S. The molecular weight excluding hydrogens is 338 g/mol. The van der Waals surface area contributed by atoms with E-state index in [1.807, 2.05) is 16.3 Å². The molecule has 0 unspecified atom stereocenters. The lowest BCUT2D eigenvalue weighted by Crippen LogP contribution is -2.42. The molecule has 0 bridgehead atoms. The Morgan fingerprint density at radius 1 is 1.16 bits per heavy atom. The number of carbonyl (C=O) groups excluding carboxylic acids is 2. The van der Waals surface area contributed by atoms with Crippen LogP contribution in [0, 0.1) is 0 Å². The van der Waals surface area contributed by atoms with Gasteiger partial charge in [-0.1, -0.05) is 6.07 Å². The van der Waals surface area contributed by atoms with E-state index in [9.17, 15) is 14.7 Å². The van der Waals surface area contributed by atoms with E-state index in [1.54, 1.807) is 30.3 Å². The highest BCUT2D eigenvalue weighted by atomic mass is 32.1. The van der Waals surface area contributed by atoms with Gasteiger partial charge in [-0.05, 0) is 55.1 Å². The predicted molar refractivity (Wildman–Crippen MR) is 99.0 cm³/mol. The molecule has 0 aliphatic carbocycles. The Balaban J connectivity index is 1.50. The summed E-state index contributed by atoms with van der Waals surface area (Å²) < 4.78 is 0. The van der Waals surface area contributed by atoms with Gasteiger partial charge in [-0.3, -0.25) is 14.5 Å². The Hall–Kier alpha value is -2.22. The topological polar surface area (TPSA) is 81.7 Å². The first kappa shape index (κ1) is 17.6. The summed E-state index contributed by atoms with van der Waals surface area (Å²) in [6, 6.07) is 10.6. The van der Waals surface area contributed by atoms with Crippen molar-refractivity contribution in [3.8, 4) is 0 Å². The maximum absolute atomic E-state index is 12.1. The molecule has 2 aromatic rings. The third kappa shape index (κ3) is 5.12. The Bertz CT molecular complexity index is 716. The fourth-order valence-corrected chi connectivity index (χ4v) is 3.43. The van der Waals surface area contributed by atoms with Crippen molar-refractivity contribution in [2.24, 2.45) is 0 Å². The van der Waals surface area contributed by atoms with Crippen LogP contribution in [0.2, 0.25) is 0 Å². The molecule has 3 N–H and O–H groups in total. The first-order valence-corrected chi connectivity index (χ1v) is 9.13. The molecule has 0 radical (unpaired) electrons. The molecule has 1 saturated heterocycles. The first-order chi connectivity index (χ1) is 12.1. The number of carbonyl (C=O) groups is 2. The summed E-state index contributed by atoms with van der Waals surface area (Å²) in [5, 5.41) is 17.2. The molecule has 6 nitrogen and oxygen atoms in total. The highest BCUT2D eigenvalue weighted by molar-refractivity contribution is 7.12. The average molecular weight is 359 g/mol. The minimum atomic E-state index is -0.340. The van der Waals surface area contributed by atoms with Gasteiger partial charge in [0.05, 0.1) is 17.5 Å². The Labute approximate surface area is 150 Å². The largest absolute Gasteiger partial charge is 0.392 e. The highest BCUT2D eigenvalue weighted by Gasteiger charge is 2.19. The van der Waals surface area contributed by atoms with E-state index in [2.05, 4.69) is 10.6 Å². The van der Waals surface area contributed by atoms with Gasteiger partial charge in [-0.25, -0.2) is 0 Å². The summed E-state index contributed by atoms with van der Waals surface area (Å²) in [5.74, 6) is -0.250. The van der Waals surface area contributed by atoms with Crippen LogP contribution >= 0.6 is 11.3 Å². The van der Waals surface area contributed by atoms with Crippen LogP contribution in [0.5, 0.6) is 0 Å². The highest BCUT2D eigenvalue weighted by Crippen LogP contribution is 2.17. The van der Waals surface area contributed by atoms with Gasteiger partial charge in [0, 0.05) is 17.9 Å². The number of nitrogens with zero attached hydrogens (tertiary/aromatic N) is 1. The van der Waals surface area contributed by atoms with Gasteiger partial charge in [0.1, 0.15) is 0 Å². The molecule has 2 amide bonds. The summed E-state index contributed by atoms with van der Waals surface area (Å²) in [5.41, 5.74) is 1.35. The van der Waals surface area contributed by atoms with Crippen molar-refractivity contribution in [3.05, 3.63) is 46.7 Å². The number of hydrogen-bond donors (Lipinski definition) is 3. The molecule has 0 spiro atoms. The lowest BCUT2D eigenvalue weighted by atomic mass is 10.1. The SMILES string of the molecule is O=C(CN1CCC[C@@H](O)C1)Nc1ccc(NC(=O)c2cccs2)cc1. The normalized spacial score (nSPS) is 17.9. The second-order valence-electron chi connectivity index (χ2n) is 6.09. The van der Waals surface area contributed by atoms with Crippen molar-refractivity contribution in [3.63, 3.8) is 0 Å².